The third-order valence-electron chi connectivity index (χ3n) is 10.6. The minimum atomic E-state index is -0.391. The molecule has 1 nitrogen and oxygen atoms in total. The predicted octanol–water partition coefficient (Wildman–Crippen LogP) is 13.5. The zero-order chi connectivity index (χ0) is 39.5. The Labute approximate surface area is 305 Å². The molecule has 7 aromatic rings. The fraction of sp³-hybridized carbons (Fsp3) is 0.265. The lowest BCUT2D eigenvalue weighted by molar-refractivity contribution is 0.587. The summed E-state index contributed by atoms with van der Waals surface area (Å²) in [5, 5.41) is 1.93. The maximum Gasteiger partial charge on any atom is 0.0629 e. The van der Waals surface area contributed by atoms with Crippen molar-refractivity contribution >= 4 is 21.8 Å². The van der Waals surface area contributed by atoms with Crippen LogP contribution in [-0.2, 0) is 16.2 Å². The highest BCUT2D eigenvalue weighted by Crippen LogP contribution is 2.54. The summed E-state index contributed by atoms with van der Waals surface area (Å²) < 4.78 is 46.0. The van der Waals surface area contributed by atoms with Crippen molar-refractivity contribution in [3.8, 4) is 27.9 Å². The van der Waals surface area contributed by atoms with Gasteiger partial charge in [0.25, 0.3) is 0 Å². The van der Waals surface area contributed by atoms with Crippen LogP contribution in [0, 0.1) is 0 Å². The van der Waals surface area contributed by atoms with Crippen LogP contribution in [0.3, 0.4) is 0 Å². The van der Waals surface area contributed by atoms with Gasteiger partial charge in [0.1, 0.15) is 0 Å². The molecule has 0 atom stereocenters. The number of nitrogens with zero attached hydrogens (tertiary/aromatic N) is 1. The van der Waals surface area contributed by atoms with E-state index in [4.69, 9.17) is 6.85 Å². The third-order valence-corrected chi connectivity index (χ3v) is 10.6. The minimum absolute atomic E-state index is 0.0105. The van der Waals surface area contributed by atoms with E-state index < -0.39 is 6.04 Å². The molecule has 6 aromatic carbocycles. The van der Waals surface area contributed by atoms with Crippen LogP contribution in [0.4, 0.5) is 0 Å². The van der Waals surface area contributed by atoms with Gasteiger partial charge in [-0.15, -0.1) is 0 Å². The fourth-order valence-electron chi connectivity index (χ4n) is 8.18. The van der Waals surface area contributed by atoms with E-state index in [9.17, 15) is 0 Å². The van der Waals surface area contributed by atoms with Crippen LogP contribution in [0.1, 0.15) is 108 Å². The van der Waals surface area contributed by atoms with Crippen molar-refractivity contribution in [2.75, 3.05) is 0 Å². The zero-order valence-electron chi connectivity index (χ0n) is 35.8. The van der Waals surface area contributed by atoms with Gasteiger partial charge in [-0.05, 0) is 96.1 Å². The second-order valence-electron chi connectivity index (χ2n) is 17.1. The third kappa shape index (κ3) is 5.13. The first-order valence-electron chi connectivity index (χ1n) is 20.3. The summed E-state index contributed by atoms with van der Waals surface area (Å²) in [5.74, 6) is -0.0327. The first-order valence-corrected chi connectivity index (χ1v) is 17.8. The molecular weight excluding hydrogens is 603 g/mol. The topological polar surface area (TPSA) is 4.93 Å². The zero-order valence-corrected chi connectivity index (χ0v) is 30.8. The van der Waals surface area contributed by atoms with E-state index in [2.05, 4.69) is 134 Å². The number of aromatic nitrogens is 1. The molecule has 1 aromatic heterocycles. The quantitative estimate of drug-likeness (QED) is 0.178. The Morgan fingerprint density at radius 3 is 1.62 bits per heavy atom. The molecule has 1 aliphatic carbocycles. The van der Waals surface area contributed by atoms with Crippen molar-refractivity contribution in [3.05, 3.63) is 161 Å². The Bertz CT molecular complexity index is 2610. The Kier molecular flexibility index (Phi) is 6.10. The molecule has 0 spiro atoms. The summed E-state index contributed by atoms with van der Waals surface area (Å²) in [4.78, 5) is 0. The second kappa shape index (κ2) is 11.3. The Balaban J connectivity index is 1.55. The summed E-state index contributed by atoms with van der Waals surface area (Å²) in [7, 11) is 0. The van der Waals surface area contributed by atoms with Crippen molar-refractivity contribution in [1.82, 2.24) is 4.57 Å². The average molecular weight is 657 g/mol. The van der Waals surface area contributed by atoms with Gasteiger partial charge in [0.15, 0.2) is 0 Å². The van der Waals surface area contributed by atoms with Gasteiger partial charge in [-0.3, -0.25) is 0 Å². The maximum absolute atomic E-state index is 9.09. The number of benzene rings is 6. The molecule has 0 fully saturated rings. The molecule has 0 amide bonds. The maximum atomic E-state index is 9.09. The molecule has 0 aliphatic heterocycles. The summed E-state index contributed by atoms with van der Waals surface area (Å²) >= 11 is 0. The van der Waals surface area contributed by atoms with Crippen LogP contribution in [0.25, 0.3) is 49.7 Å². The lowest BCUT2D eigenvalue weighted by Gasteiger charge is -2.29. The van der Waals surface area contributed by atoms with Crippen LogP contribution >= 0.6 is 0 Å². The number of rotatable bonds is 3. The summed E-state index contributed by atoms with van der Waals surface area (Å²) in [6, 6.07) is 33.5. The molecule has 0 bridgehead atoms. The van der Waals surface area contributed by atoms with E-state index in [0.29, 0.717) is 5.56 Å². The van der Waals surface area contributed by atoms with Gasteiger partial charge in [0, 0.05) is 22.4 Å². The highest BCUT2D eigenvalue weighted by atomic mass is 15.0. The first-order chi connectivity index (χ1) is 25.8. The SMILES string of the molecule is [2H]c1c([2H])c([2H])c(-c2cccc3c2c2c(C(C)(C)C)c(C4c5ccc(C(C)(C)C)cc5-c5cc(C(C)(C)C)ccc54)ccc2n3-c2ccccc2)c([2H])c1[2H]. The summed E-state index contributed by atoms with van der Waals surface area (Å²) in [6.45, 7) is 20.4. The van der Waals surface area contributed by atoms with Crippen molar-refractivity contribution in [2.45, 2.75) is 84.5 Å². The van der Waals surface area contributed by atoms with Gasteiger partial charge < -0.3 is 4.57 Å². The number of hydrogen-bond donors (Lipinski definition) is 0. The van der Waals surface area contributed by atoms with Gasteiger partial charge in [0.2, 0.25) is 0 Å². The first kappa shape index (κ1) is 26.9. The molecule has 1 heterocycles. The van der Waals surface area contributed by atoms with Crippen molar-refractivity contribution < 1.29 is 6.85 Å². The predicted molar refractivity (Wildman–Crippen MR) is 215 cm³/mol. The summed E-state index contributed by atoms with van der Waals surface area (Å²) in [6.07, 6.45) is 0. The highest BCUT2D eigenvalue weighted by Gasteiger charge is 2.37. The molecule has 1 heteroatoms. The molecule has 0 radical (unpaired) electrons. The minimum Gasteiger partial charge on any atom is -0.309 e. The normalized spacial score (nSPS) is 15.0. The van der Waals surface area contributed by atoms with Gasteiger partial charge in [0.05, 0.1) is 17.9 Å². The lowest BCUT2D eigenvalue weighted by atomic mass is 9.74. The molecule has 0 saturated carbocycles. The Morgan fingerprint density at radius 2 is 1.06 bits per heavy atom. The van der Waals surface area contributed by atoms with E-state index in [-0.39, 0.29) is 51.9 Å². The van der Waals surface area contributed by atoms with Gasteiger partial charge in [-0.25, -0.2) is 0 Å². The van der Waals surface area contributed by atoms with E-state index >= 15 is 0 Å². The molecular formula is C49H49N. The van der Waals surface area contributed by atoms with Crippen LogP contribution < -0.4 is 0 Å². The van der Waals surface area contributed by atoms with Crippen molar-refractivity contribution in [2.24, 2.45) is 0 Å². The van der Waals surface area contributed by atoms with Gasteiger partial charge in [-0.1, -0.05) is 165 Å². The van der Waals surface area contributed by atoms with E-state index in [0.717, 1.165) is 27.5 Å². The molecule has 250 valence electrons. The monoisotopic (exact) mass is 656 g/mol. The highest BCUT2D eigenvalue weighted by molar-refractivity contribution is 6.17. The van der Waals surface area contributed by atoms with Crippen LogP contribution in [0.2, 0.25) is 0 Å². The fourth-order valence-corrected chi connectivity index (χ4v) is 8.18. The Morgan fingerprint density at radius 1 is 0.500 bits per heavy atom. The van der Waals surface area contributed by atoms with E-state index in [1.54, 1.807) is 0 Å². The lowest BCUT2D eigenvalue weighted by Crippen LogP contribution is -2.18. The van der Waals surface area contributed by atoms with Gasteiger partial charge in [-0.2, -0.15) is 0 Å². The Hall–Kier alpha value is -4.88. The van der Waals surface area contributed by atoms with Crippen molar-refractivity contribution in [3.63, 3.8) is 0 Å². The number of fused-ring (bicyclic) bond motifs is 6. The van der Waals surface area contributed by atoms with E-state index in [1.165, 1.54) is 44.5 Å². The largest absolute Gasteiger partial charge is 0.309 e. The van der Waals surface area contributed by atoms with Crippen LogP contribution in [-0.4, -0.2) is 4.57 Å². The van der Waals surface area contributed by atoms with Gasteiger partial charge >= 0.3 is 0 Å². The smallest absolute Gasteiger partial charge is 0.0629 e. The molecule has 50 heavy (non-hydrogen) atoms. The van der Waals surface area contributed by atoms with Crippen LogP contribution in [0.5, 0.6) is 0 Å². The summed E-state index contributed by atoms with van der Waals surface area (Å²) in [5.41, 5.74) is 13.6. The number of para-hydroxylation sites is 1. The molecule has 0 saturated heterocycles. The van der Waals surface area contributed by atoms with Crippen molar-refractivity contribution in [1.29, 1.82) is 0 Å². The molecule has 1 aliphatic rings. The number of hydrogen-bond acceptors (Lipinski definition) is 0. The molecule has 0 unspecified atom stereocenters. The molecule has 0 N–H and O–H groups in total. The average Bonchev–Trinajstić information content (AvgIpc) is 3.64. The van der Waals surface area contributed by atoms with E-state index in [1.807, 2.05) is 30.3 Å². The molecule has 8 rings (SSSR count). The standard InChI is InChI=1S/C49H49N/c1-47(2,3)32-23-25-36-39(29-32)40-30-33(48(4,5)6)24-26-37(40)43(36)38-27-28-42-45(46(38)49(7,8)9)44-35(31-17-12-10-13-18-31)21-16-22-41(44)50(42)34-19-14-11-15-20-34/h10-30,43H,1-9H3/i10D,12D,13D,17D,18D. The second-order valence-corrected chi connectivity index (χ2v) is 17.1. The van der Waals surface area contributed by atoms with Crippen LogP contribution in [0.15, 0.2) is 127 Å².